The van der Waals surface area contributed by atoms with Crippen LogP contribution in [0.4, 0.5) is 0 Å². The summed E-state index contributed by atoms with van der Waals surface area (Å²) in [7, 11) is 3.66. The Hall–Kier alpha value is -0.870. The summed E-state index contributed by atoms with van der Waals surface area (Å²) in [4.78, 5) is 16.1. The maximum absolute atomic E-state index is 12.1. The van der Waals surface area contributed by atoms with Crippen LogP contribution in [0.15, 0.2) is 28.7 Å². The van der Waals surface area contributed by atoms with Crippen molar-refractivity contribution in [1.29, 1.82) is 0 Å². The molecule has 1 aromatic carbocycles. The number of rotatable bonds is 3. The fraction of sp³-hybridized carbons (Fsp3) is 0.500. The molecule has 0 aromatic heterocycles. The molecular formula is C14H19BrN2O. The van der Waals surface area contributed by atoms with Crippen LogP contribution in [0.1, 0.15) is 18.4 Å². The first-order chi connectivity index (χ1) is 8.58. The van der Waals surface area contributed by atoms with Gasteiger partial charge in [-0.15, -0.1) is 0 Å². The number of benzene rings is 1. The summed E-state index contributed by atoms with van der Waals surface area (Å²) in [5.41, 5.74) is 1.26. The highest BCUT2D eigenvalue weighted by Crippen LogP contribution is 2.22. The molecule has 0 N–H and O–H groups in total. The van der Waals surface area contributed by atoms with E-state index in [-0.39, 0.29) is 11.9 Å². The van der Waals surface area contributed by atoms with E-state index >= 15 is 0 Å². The molecule has 18 heavy (non-hydrogen) atoms. The highest BCUT2D eigenvalue weighted by molar-refractivity contribution is 9.10. The smallest absolute Gasteiger partial charge is 0.239 e. The number of hydrogen-bond donors (Lipinski definition) is 0. The minimum atomic E-state index is 0.0589. The Morgan fingerprint density at radius 1 is 1.39 bits per heavy atom. The van der Waals surface area contributed by atoms with Crippen molar-refractivity contribution in [2.75, 3.05) is 20.6 Å². The average Bonchev–Trinajstić information content (AvgIpc) is 2.79. The normalized spacial score (nSPS) is 20.1. The van der Waals surface area contributed by atoms with Crippen molar-refractivity contribution in [3.8, 4) is 0 Å². The molecule has 0 unspecified atom stereocenters. The summed E-state index contributed by atoms with van der Waals surface area (Å²) in [6, 6.07) is 8.38. The Morgan fingerprint density at radius 2 is 2.06 bits per heavy atom. The number of likely N-dealkylation sites (N-methyl/N-ethyl adjacent to an activating group) is 1. The molecule has 1 heterocycles. The Morgan fingerprint density at radius 3 is 2.67 bits per heavy atom. The lowest BCUT2D eigenvalue weighted by molar-refractivity contribution is -0.133. The molecule has 2 rings (SSSR count). The summed E-state index contributed by atoms with van der Waals surface area (Å²) in [6.07, 6.45) is 2.09. The zero-order chi connectivity index (χ0) is 13.1. The highest BCUT2D eigenvalue weighted by atomic mass is 79.9. The van der Waals surface area contributed by atoms with Gasteiger partial charge < -0.3 is 4.90 Å². The molecule has 3 nitrogen and oxygen atoms in total. The summed E-state index contributed by atoms with van der Waals surface area (Å²) < 4.78 is 1.09. The molecule has 98 valence electrons. The molecule has 1 atom stereocenters. The van der Waals surface area contributed by atoms with Gasteiger partial charge in [0, 0.05) is 25.1 Å². The Balaban J connectivity index is 2.04. The van der Waals surface area contributed by atoms with Crippen LogP contribution >= 0.6 is 15.9 Å². The molecule has 4 heteroatoms. The third kappa shape index (κ3) is 3.12. The highest BCUT2D eigenvalue weighted by Gasteiger charge is 2.31. The summed E-state index contributed by atoms with van der Waals surface area (Å²) in [5, 5.41) is 0. The second-order valence-corrected chi connectivity index (χ2v) is 5.90. The number of hydrogen-bond acceptors (Lipinski definition) is 2. The lowest BCUT2D eigenvalue weighted by atomic mass is 10.1. The van der Waals surface area contributed by atoms with E-state index in [9.17, 15) is 4.79 Å². The van der Waals surface area contributed by atoms with E-state index < -0.39 is 0 Å². The molecule has 0 spiro atoms. The van der Waals surface area contributed by atoms with Crippen molar-refractivity contribution in [3.63, 3.8) is 0 Å². The lowest BCUT2D eigenvalue weighted by Gasteiger charge is -2.26. The van der Waals surface area contributed by atoms with Crippen LogP contribution in [0.25, 0.3) is 0 Å². The molecule has 0 aliphatic carbocycles. The van der Waals surface area contributed by atoms with Crippen LogP contribution in [0.3, 0.4) is 0 Å². The van der Waals surface area contributed by atoms with Crippen LogP contribution in [0.5, 0.6) is 0 Å². The molecule has 0 radical (unpaired) electrons. The van der Waals surface area contributed by atoms with E-state index in [1.54, 1.807) is 4.90 Å². The van der Waals surface area contributed by atoms with Gasteiger partial charge in [-0.2, -0.15) is 0 Å². The minimum Gasteiger partial charge on any atom is -0.347 e. The number of carbonyl (C=O) groups is 1. The zero-order valence-electron chi connectivity index (χ0n) is 10.9. The topological polar surface area (TPSA) is 23.6 Å². The second-order valence-electron chi connectivity index (χ2n) is 4.99. The summed E-state index contributed by atoms with van der Waals surface area (Å²) in [5.74, 6) is 0.226. The van der Waals surface area contributed by atoms with Gasteiger partial charge in [-0.05, 0) is 37.1 Å². The Labute approximate surface area is 117 Å². The predicted molar refractivity (Wildman–Crippen MR) is 76.3 cm³/mol. The third-order valence-electron chi connectivity index (χ3n) is 3.39. The van der Waals surface area contributed by atoms with Gasteiger partial charge in [0.1, 0.15) is 0 Å². The maximum Gasteiger partial charge on any atom is 0.239 e. The zero-order valence-corrected chi connectivity index (χ0v) is 12.5. The molecule has 1 aliphatic rings. The monoisotopic (exact) mass is 310 g/mol. The molecule has 1 fully saturated rings. The number of likely N-dealkylation sites (tertiary alicyclic amines) is 1. The van der Waals surface area contributed by atoms with Crippen molar-refractivity contribution in [3.05, 3.63) is 34.3 Å². The van der Waals surface area contributed by atoms with E-state index in [1.807, 2.05) is 26.2 Å². The van der Waals surface area contributed by atoms with Gasteiger partial charge in [-0.25, -0.2) is 0 Å². The summed E-state index contributed by atoms with van der Waals surface area (Å²) in [6.45, 7) is 1.87. The van der Waals surface area contributed by atoms with Crippen LogP contribution in [-0.4, -0.2) is 42.4 Å². The van der Waals surface area contributed by atoms with Crippen molar-refractivity contribution in [2.45, 2.75) is 25.4 Å². The lowest BCUT2D eigenvalue weighted by Crippen LogP contribution is -2.42. The first-order valence-electron chi connectivity index (χ1n) is 6.27. The van der Waals surface area contributed by atoms with Crippen molar-refractivity contribution >= 4 is 21.8 Å². The number of halogens is 1. The van der Waals surface area contributed by atoms with E-state index in [0.717, 1.165) is 30.4 Å². The van der Waals surface area contributed by atoms with Crippen molar-refractivity contribution in [2.24, 2.45) is 0 Å². The number of amides is 1. The average molecular weight is 311 g/mol. The molecule has 1 amide bonds. The molecule has 1 saturated heterocycles. The molecular weight excluding hydrogens is 292 g/mol. The van der Waals surface area contributed by atoms with Gasteiger partial charge in [-0.1, -0.05) is 28.1 Å². The van der Waals surface area contributed by atoms with E-state index in [0.29, 0.717) is 0 Å². The van der Waals surface area contributed by atoms with Crippen LogP contribution in [-0.2, 0) is 11.3 Å². The molecule has 0 bridgehead atoms. The quantitative estimate of drug-likeness (QED) is 0.856. The first-order valence-corrected chi connectivity index (χ1v) is 7.07. The SMILES string of the molecule is CN(C)C(=O)[C@@H]1CCCN1Cc1ccc(Br)cc1. The van der Waals surface area contributed by atoms with Gasteiger partial charge in [0.05, 0.1) is 6.04 Å². The fourth-order valence-corrected chi connectivity index (χ4v) is 2.68. The van der Waals surface area contributed by atoms with Gasteiger partial charge in [-0.3, -0.25) is 9.69 Å². The Kier molecular flexibility index (Phi) is 4.40. The van der Waals surface area contributed by atoms with Gasteiger partial charge >= 0.3 is 0 Å². The largest absolute Gasteiger partial charge is 0.347 e. The third-order valence-corrected chi connectivity index (χ3v) is 3.92. The van der Waals surface area contributed by atoms with Crippen molar-refractivity contribution in [1.82, 2.24) is 9.80 Å². The predicted octanol–water partition coefficient (Wildman–Crippen LogP) is 2.50. The van der Waals surface area contributed by atoms with Gasteiger partial charge in [0.2, 0.25) is 5.91 Å². The second kappa shape index (κ2) is 5.85. The molecule has 1 aromatic rings. The maximum atomic E-state index is 12.1. The fourth-order valence-electron chi connectivity index (χ4n) is 2.42. The van der Waals surface area contributed by atoms with E-state index in [1.165, 1.54) is 5.56 Å². The first kappa shape index (κ1) is 13.6. The summed E-state index contributed by atoms with van der Waals surface area (Å²) >= 11 is 3.44. The van der Waals surface area contributed by atoms with Gasteiger partial charge in [0.25, 0.3) is 0 Å². The standard InChI is InChI=1S/C14H19BrN2O/c1-16(2)14(18)13-4-3-9-17(13)10-11-5-7-12(15)8-6-11/h5-8,13H,3-4,9-10H2,1-2H3/t13-/m0/s1. The number of nitrogens with zero attached hydrogens (tertiary/aromatic N) is 2. The van der Waals surface area contributed by atoms with Crippen LogP contribution < -0.4 is 0 Å². The number of carbonyl (C=O) groups excluding carboxylic acids is 1. The van der Waals surface area contributed by atoms with Crippen LogP contribution in [0.2, 0.25) is 0 Å². The van der Waals surface area contributed by atoms with Gasteiger partial charge in [0.15, 0.2) is 0 Å². The van der Waals surface area contributed by atoms with E-state index in [2.05, 4.69) is 33.0 Å². The van der Waals surface area contributed by atoms with Crippen LogP contribution in [0, 0.1) is 0 Å². The Bertz CT molecular complexity index is 416. The van der Waals surface area contributed by atoms with Crippen molar-refractivity contribution < 1.29 is 4.79 Å². The molecule has 1 aliphatic heterocycles. The minimum absolute atomic E-state index is 0.0589. The molecule has 0 saturated carbocycles. The van der Waals surface area contributed by atoms with E-state index in [4.69, 9.17) is 0 Å².